The standard InChI is InChI=1S/C18H22ClFO/c1-13-6-7-17(9-14(13)2)21-18-11-15(5-3-4-8-19)10-16(20)12-18/h10-14,17H,4,6-9H2,1-2H3. The van der Waals surface area contributed by atoms with Gasteiger partial charge in [0.1, 0.15) is 11.6 Å². The van der Waals surface area contributed by atoms with Gasteiger partial charge in [0.2, 0.25) is 0 Å². The van der Waals surface area contributed by atoms with Gasteiger partial charge in [0, 0.05) is 23.9 Å². The van der Waals surface area contributed by atoms with Crippen LogP contribution in [-0.4, -0.2) is 12.0 Å². The summed E-state index contributed by atoms with van der Waals surface area (Å²) < 4.78 is 19.6. The number of benzene rings is 1. The van der Waals surface area contributed by atoms with Gasteiger partial charge < -0.3 is 4.74 Å². The SMILES string of the molecule is CC1CCC(Oc2cc(F)cc(C#CCCCl)c2)CC1C. The lowest BCUT2D eigenvalue weighted by molar-refractivity contribution is 0.100. The van der Waals surface area contributed by atoms with Crippen molar-refractivity contribution in [1.29, 1.82) is 0 Å². The van der Waals surface area contributed by atoms with Gasteiger partial charge in [0.25, 0.3) is 0 Å². The summed E-state index contributed by atoms with van der Waals surface area (Å²) in [5.41, 5.74) is 0.646. The Labute approximate surface area is 131 Å². The molecular formula is C18H22ClFO. The van der Waals surface area contributed by atoms with Crippen LogP contribution in [-0.2, 0) is 0 Å². The first kappa shape index (κ1) is 16.2. The van der Waals surface area contributed by atoms with Crippen molar-refractivity contribution in [2.24, 2.45) is 11.8 Å². The molecule has 1 saturated carbocycles. The van der Waals surface area contributed by atoms with Gasteiger partial charge in [-0.25, -0.2) is 4.39 Å². The van der Waals surface area contributed by atoms with Crippen molar-refractivity contribution in [2.45, 2.75) is 45.6 Å². The van der Waals surface area contributed by atoms with Crippen molar-refractivity contribution in [3.8, 4) is 17.6 Å². The normalized spacial score (nSPS) is 25.0. The lowest BCUT2D eigenvalue weighted by Gasteiger charge is -2.32. The highest BCUT2D eigenvalue weighted by atomic mass is 35.5. The fourth-order valence-electron chi connectivity index (χ4n) is 2.71. The summed E-state index contributed by atoms with van der Waals surface area (Å²) in [5.74, 6) is 8.01. The van der Waals surface area contributed by atoms with Gasteiger partial charge in [-0.2, -0.15) is 0 Å². The zero-order chi connectivity index (χ0) is 15.2. The molecule has 1 nitrogen and oxygen atoms in total. The Balaban J connectivity index is 2.05. The van der Waals surface area contributed by atoms with Crippen LogP contribution >= 0.6 is 11.6 Å². The van der Waals surface area contributed by atoms with Crippen LogP contribution < -0.4 is 4.74 Å². The lowest BCUT2D eigenvalue weighted by Crippen LogP contribution is -2.28. The Hall–Kier alpha value is -1.20. The number of hydrogen-bond donors (Lipinski definition) is 0. The van der Waals surface area contributed by atoms with E-state index in [0.717, 1.165) is 18.8 Å². The molecule has 3 atom stereocenters. The molecule has 0 aromatic heterocycles. The average molecular weight is 309 g/mol. The van der Waals surface area contributed by atoms with E-state index in [1.807, 2.05) is 6.07 Å². The molecule has 0 heterocycles. The second-order valence-electron chi connectivity index (χ2n) is 5.92. The lowest BCUT2D eigenvalue weighted by atomic mass is 9.80. The molecule has 0 aliphatic heterocycles. The molecule has 1 aliphatic carbocycles. The van der Waals surface area contributed by atoms with Crippen LogP contribution in [0.4, 0.5) is 4.39 Å². The fraction of sp³-hybridized carbons (Fsp3) is 0.556. The highest BCUT2D eigenvalue weighted by Gasteiger charge is 2.25. The quantitative estimate of drug-likeness (QED) is 0.563. The van der Waals surface area contributed by atoms with E-state index in [4.69, 9.17) is 16.3 Å². The van der Waals surface area contributed by atoms with Crippen LogP contribution in [0, 0.1) is 29.5 Å². The van der Waals surface area contributed by atoms with Crippen LogP contribution in [0.1, 0.15) is 45.1 Å². The van der Waals surface area contributed by atoms with Gasteiger partial charge in [0.05, 0.1) is 6.10 Å². The smallest absolute Gasteiger partial charge is 0.128 e. The van der Waals surface area contributed by atoms with Gasteiger partial charge in [-0.15, -0.1) is 11.6 Å². The molecule has 1 aromatic carbocycles. The maximum atomic E-state index is 13.7. The number of halogens is 2. The van der Waals surface area contributed by atoms with Crippen LogP contribution in [0.2, 0.25) is 0 Å². The second-order valence-corrected chi connectivity index (χ2v) is 6.30. The molecule has 0 bridgehead atoms. The second kappa shape index (κ2) is 7.71. The van der Waals surface area contributed by atoms with Gasteiger partial charge in [-0.05, 0) is 43.2 Å². The third-order valence-electron chi connectivity index (χ3n) is 4.18. The van der Waals surface area contributed by atoms with Crippen molar-refractivity contribution >= 4 is 11.6 Å². The maximum Gasteiger partial charge on any atom is 0.128 e. The summed E-state index contributed by atoms with van der Waals surface area (Å²) >= 11 is 5.58. The molecule has 3 heteroatoms. The van der Waals surface area contributed by atoms with E-state index in [-0.39, 0.29) is 11.9 Å². The van der Waals surface area contributed by atoms with Crippen LogP contribution in [0.3, 0.4) is 0 Å². The van der Waals surface area contributed by atoms with Gasteiger partial charge in [-0.1, -0.05) is 25.7 Å². The van der Waals surface area contributed by atoms with E-state index in [9.17, 15) is 4.39 Å². The largest absolute Gasteiger partial charge is 0.490 e. The summed E-state index contributed by atoms with van der Waals surface area (Å²) in [6.07, 6.45) is 4.03. The summed E-state index contributed by atoms with van der Waals surface area (Å²) in [7, 11) is 0. The molecule has 0 saturated heterocycles. The molecule has 1 fully saturated rings. The Bertz CT molecular complexity index is 532. The summed E-state index contributed by atoms with van der Waals surface area (Å²) in [5, 5.41) is 0. The van der Waals surface area contributed by atoms with Crippen molar-refractivity contribution < 1.29 is 9.13 Å². The molecule has 0 radical (unpaired) electrons. The molecule has 114 valence electrons. The summed E-state index contributed by atoms with van der Waals surface area (Å²) in [4.78, 5) is 0. The third kappa shape index (κ3) is 4.93. The molecule has 3 unspecified atom stereocenters. The van der Waals surface area contributed by atoms with E-state index < -0.39 is 0 Å². The minimum Gasteiger partial charge on any atom is -0.490 e. The Morgan fingerprint density at radius 2 is 2.05 bits per heavy atom. The summed E-state index contributed by atoms with van der Waals surface area (Å²) in [6.45, 7) is 4.54. The number of hydrogen-bond acceptors (Lipinski definition) is 1. The highest BCUT2D eigenvalue weighted by Crippen LogP contribution is 2.32. The average Bonchev–Trinajstić information content (AvgIpc) is 2.43. The van der Waals surface area contributed by atoms with Gasteiger partial charge >= 0.3 is 0 Å². The predicted octanol–water partition coefficient (Wildman–Crippen LogP) is 5.01. The van der Waals surface area contributed by atoms with Crippen LogP contribution in [0.25, 0.3) is 0 Å². The molecule has 2 rings (SSSR count). The first-order chi connectivity index (χ1) is 10.1. The third-order valence-corrected chi connectivity index (χ3v) is 4.37. The van der Waals surface area contributed by atoms with E-state index >= 15 is 0 Å². The van der Waals surface area contributed by atoms with E-state index in [1.54, 1.807) is 0 Å². The van der Waals surface area contributed by atoms with Crippen LogP contribution in [0.5, 0.6) is 5.75 Å². The van der Waals surface area contributed by atoms with E-state index in [0.29, 0.717) is 29.5 Å². The van der Waals surface area contributed by atoms with E-state index in [2.05, 4.69) is 25.7 Å². The molecule has 1 aromatic rings. The molecule has 0 spiro atoms. The molecule has 0 N–H and O–H groups in total. The molecule has 1 aliphatic rings. The zero-order valence-electron chi connectivity index (χ0n) is 12.7. The topological polar surface area (TPSA) is 9.23 Å². The highest BCUT2D eigenvalue weighted by molar-refractivity contribution is 6.18. The zero-order valence-corrected chi connectivity index (χ0v) is 13.4. The minimum absolute atomic E-state index is 0.182. The molecule has 0 amide bonds. The van der Waals surface area contributed by atoms with Gasteiger partial charge in [0.15, 0.2) is 0 Å². The number of ether oxygens (including phenoxy) is 1. The Morgan fingerprint density at radius 3 is 2.76 bits per heavy atom. The first-order valence-electron chi connectivity index (χ1n) is 7.60. The van der Waals surface area contributed by atoms with Gasteiger partial charge in [-0.3, -0.25) is 0 Å². The van der Waals surface area contributed by atoms with Crippen molar-refractivity contribution in [3.05, 3.63) is 29.6 Å². The summed E-state index contributed by atoms with van der Waals surface area (Å²) in [6, 6.07) is 4.68. The Kier molecular flexibility index (Phi) is 5.94. The fourth-order valence-corrected chi connectivity index (χ4v) is 2.81. The maximum absolute atomic E-state index is 13.7. The van der Waals surface area contributed by atoms with Crippen LogP contribution in [0.15, 0.2) is 18.2 Å². The van der Waals surface area contributed by atoms with Crippen molar-refractivity contribution in [2.75, 3.05) is 5.88 Å². The predicted molar refractivity (Wildman–Crippen MR) is 85.2 cm³/mol. The molecular weight excluding hydrogens is 287 g/mol. The first-order valence-corrected chi connectivity index (χ1v) is 8.14. The molecule has 21 heavy (non-hydrogen) atoms. The van der Waals surface area contributed by atoms with Crippen molar-refractivity contribution in [3.63, 3.8) is 0 Å². The number of alkyl halides is 1. The van der Waals surface area contributed by atoms with E-state index in [1.165, 1.54) is 18.6 Å². The van der Waals surface area contributed by atoms with Crippen molar-refractivity contribution in [1.82, 2.24) is 0 Å². The Morgan fingerprint density at radius 1 is 1.24 bits per heavy atom. The monoisotopic (exact) mass is 308 g/mol. The number of rotatable bonds is 3. The minimum atomic E-state index is -0.306.